The third-order valence-electron chi connectivity index (χ3n) is 13.1. The van der Waals surface area contributed by atoms with Gasteiger partial charge in [-0.05, 0) is 88.8 Å². The van der Waals surface area contributed by atoms with Crippen molar-refractivity contribution in [3.8, 4) is 17.4 Å². The number of ether oxygens (including phenoxy) is 3. The topological polar surface area (TPSA) is 194 Å². The Labute approximate surface area is 346 Å². The summed E-state index contributed by atoms with van der Waals surface area (Å²) in [5.74, 6) is -4.97. The number of carboxylic acid groups (broad SMARTS) is 1. The van der Waals surface area contributed by atoms with Crippen LogP contribution in [0.25, 0.3) is 10.8 Å². The molecular weight excluding hydrogens is 812 g/mol. The number of sulfonamides is 1. The summed E-state index contributed by atoms with van der Waals surface area (Å²) in [7, 11) is -4.55. The molecule has 2 aromatic rings. The molecule has 3 fully saturated rings. The molecule has 1 aromatic carbocycles. The van der Waals surface area contributed by atoms with Gasteiger partial charge in [0.2, 0.25) is 21.8 Å². The van der Waals surface area contributed by atoms with Crippen LogP contribution in [0.4, 0.5) is 18.0 Å². The minimum Gasteiger partial charge on any atom is -0.486 e. The molecule has 4 heterocycles. The van der Waals surface area contributed by atoms with Gasteiger partial charge in [-0.15, -0.1) is 0 Å². The van der Waals surface area contributed by atoms with Crippen LogP contribution in [0.2, 0.25) is 0 Å². The normalized spacial score (nSPS) is 31.9. The summed E-state index contributed by atoms with van der Waals surface area (Å²) >= 11 is 0. The predicted octanol–water partition coefficient (Wildman–Crippen LogP) is 5.32. The lowest BCUT2D eigenvalue weighted by molar-refractivity contribution is -0.219. The Hall–Kier alpha value is -4.81. The lowest BCUT2D eigenvalue weighted by atomic mass is 9.86. The van der Waals surface area contributed by atoms with Crippen molar-refractivity contribution in [2.24, 2.45) is 17.8 Å². The number of hydrogen-bond donors (Lipinski definition) is 3. The summed E-state index contributed by atoms with van der Waals surface area (Å²) in [6, 6.07) is -4.17. The summed E-state index contributed by atoms with van der Waals surface area (Å²) in [5.41, 5.74) is -4.66. The van der Waals surface area contributed by atoms with Gasteiger partial charge in [0.25, 0.3) is 11.8 Å². The van der Waals surface area contributed by atoms with E-state index in [1.54, 1.807) is 51.1 Å². The number of amides is 4. The molecule has 3 aliphatic heterocycles. The molecular formula is C41H52F3N5O10S. The van der Waals surface area contributed by atoms with Crippen molar-refractivity contribution in [2.45, 2.75) is 126 Å². The summed E-state index contributed by atoms with van der Waals surface area (Å²) in [4.78, 5) is 62.0. The van der Waals surface area contributed by atoms with Crippen molar-refractivity contribution in [3.63, 3.8) is 0 Å². The number of fused-ring (bicyclic) bond motifs is 5. The van der Waals surface area contributed by atoms with Crippen molar-refractivity contribution >= 4 is 44.6 Å². The van der Waals surface area contributed by atoms with Crippen LogP contribution < -0.4 is 24.2 Å². The van der Waals surface area contributed by atoms with Crippen LogP contribution in [0.5, 0.6) is 17.4 Å². The number of carbonyl (C=O) groups is 4. The molecule has 1 aromatic heterocycles. The average Bonchev–Trinajstić information content (AvgIpc) is 4.12. The van der Waals surface area contributed by atoms with E-state index >= 15 is 13.6 Å². The SMILES string of the molecule is CCC(C)N(C(=O)O)[C@@H]1C(=O)N2[C@@H](C[C@@](C)(Oc3nccc4c5c(ccc34)OCCO5)C2(F)F)C(=O)NC2(C(=O)NS(=O)(=O)C3(CF)CC3)CC2/C=C\CC[C@@H](C)C[C@H]1C. The quantitative estimate of drug-likeness (QED) is 0.218. The first-order valence-electron chi connectivity index (χ1n) is 20.5. The molecule has 2 aliphatic carbocycles. The molecule has 19 heteroatoms. The van der Waals surface area contributed by atoms with E-state index in [4.69, 9.17) is 14.2 Å². The summed E-state index contributed by atoms with van der Waals surface area (Å²) in [6.45, 7) is 7.09. The van der Waals surface area contributed by atoms with Gasteiger partial charge in [-0.1, -0.05) is 32.9 Å². The maximum atomic E-state index is 17.7. The molecule has 0 radical (unpaired) electrons. The highest BCUT2D eigenvalue weighted by Crippen LogP contribution is 2.52. The number of allylic oxidation sites excluding steroid dienone is 1. The highest BCUT2D eigenvalue weighted by atomic mass is 32.2. The summed E-state index contributed by atoms with van der Waals surface area (Å²) in [5, 5.41) is 13.8. The first-order valence-corrected chi connectivity index (χ1v) is 21.9. The first kappa shape index (κ1) is 43.3. The maximum Gasteiger partial charge on any atom is 0.408 e. The minimum atomic E-state index is -4.55. The highest BCUT2D eigenvalue weighted by molar-refractivity contribution is 7.91. The molecule has 4 amide bonds. The van der Waals surface area contributed by atoms with Gasteiger partial charge in [-0.3, -0.25) is 28.9 Å². The second-order valence-corrected chi connectivity index (χ2v) is 19.4. The van der Waals surface area contributed by atoms with Gasteiger partial charge in [-0.2, -0.15) is 8.78 Å². The molecule has 3 N–H and O–H groups in total. The molecule has 8 atom stereocenters. The van der Waals surface area contributed by atoms with Crippen LogP contribution in [-0.4, -0.2) is 112 Å². The van der Waals surface area contributed by atoms with Crippen LogP contribution in [0, 0.1) is 17.8 Å². The van der Waals surface area contributed by atoms with E-state index < -0.39 is 98.8 Å². The van der Waals surface area contributed by atoms with Gasteiger partial charge < -0.3 is 24.6 Å². The zero-order chi connectivity index (χ0) is 43.6. The Morgan fingerprint density at radius 2 is 1.85 bits per heavy atom. The Morgan fingerprint density at radius 1 is 1.13 bits per heavy atom. The second-order valence-electron chi connectivity index (χ2n) is 17.3. The Morgan fingerprint density at radius 3 is 2.52 bits per heavy atom. The van der Waals surface area contributed by atoms with Crippen LogP contribution in [0.1, 0.15) is 86.0 Å². The van der Waals surface area contributed by atoms with Gasteiger partial charge in [0.05, 0.1) is 0 Å². The monoisotopic (exact) mass is 863 g/mol. The van der Waals surface area contributed by atoms with Crippen LogP contribution in [-0.2, 0) is 24.4 Å². The van der Waals surface area contributed by atoms with Crippen molar-refractivity contribution in [1.82, 2.24) is 24.8 Å². The molecule has 3 unspecified atom stereocenters. The van der Waals surface area contributed by atoms with Crippen LogP contribution in [0.15, 0.2) is 36.5 Å². The molecule has 0 spiro atoms. The van der Waals surface area contributed by atoms with E-state index in [-0.39, 0.29) is 60.8 Å². The van der Waals surface area contributed by atoms with Gasteiger partial charge in [0.15, 0.2) is 17.1 Å². The lowest BCUT2D eigenvalue weighted by Gasteiger charge is -2.42. The standard InChI is InChI=1S/C41H52F3N5O10S/c1-6-25(4)48(37(53)54)31-24(3)19-23(2)9-7-8-10-26-20-40(26,36(52)47-60(55,56)39(22-42)14-15-39)46-33(50)29-21-38(5,41(43,44)49(29)35(31)51)59-34-28-11-12-30-32(58-18-17-57-30)27(28)13-16-45-34/h8,10-13,16,23-26,29,31H,6-7,9,14-15,17-22H2,1-5H3,(H,46,50)(H,47,52)(H,53,54)/b10-8-/t23-,24-,25?,26?,29+,31+,38-,40?/m1/s1. The second kappa shape index (κ2) is 15.6. The Kier molecular flexibility index (Phi) is 11.2. The van der Waals surface area contributed by atoms with E-state index in [1.165, 1.54) is 6.20 Å². The number of nitrogens with zero attached hydrogens (tertiary/aromatic N) is 3. The van der Waals surface area contributed by atoms with E-state index in [2.05, 4.69) is 10.3 Å². The largest absolute Gasteiger partial charge is 0.486 e. The zero-order valence-electron chi connectivity index (χ0n) is 34.2. The lowest BCUT2D eigenvalue weighted by Crippen LogP contribution is -2.64. The van der Waals surface area contributed by atoms with Gasteiger partial charge in [-0.25, -0.2) is 22.6 Å². The molecule has 1 saturated heterocycles. The molecule has 7 rings (SSSR count). The first-order chi connectivity index (χ1) is 28.3. The zero-order valence-corrected chi connectivity index (χ0v) is 35.0. The van der Waals surface area contributed by atoms with Crippen molar-refractivity contribution in [2.75, 3.05) is 19.9 Å². The Bertz CT molecular complexity index is 2210. The minimum absolute atomic E-state index is 0.0156. The van der Waals surface area contributed by atoms with E-state index in [0.717, 1.165) is 11.8 Å². The number of aromatic nitrogens is 1. The molecule has 0 bridgehead atoms. The predicted molar refractivity (Wildman–Crippen MR) is 211 cm³/mol. The van der Waals surface area contributed by atoms with Gasteiger partial charge in [0.1, 0.15) is 42.3 Å². The number of hydrogen-bond acceptors (Lipinski definition) is 10. The fourth-order valence-corrected chi connectivity index (χ4v) is 10.4. The maximum absolute atomic E-state index is 17.7. The van der Waals surface area contributed by atoms with Crippen molar-refractivity contribution in [3.05, 3.63) is 36.5 Å². The fourth-order valence-electron chi connectivity index (χ4n) is 8.97. The van der Waals surface area contributed by atoms with Gasteiger partial charge >= 0.3 is 12.1 Å². The smallest absolute Gasteiger partial charge is 0.408 e. The number of pyridine rings is 1. The fraction of sp³-hybridized carbons (Fsp3) is 0.634. The molecule has 328 valence electrons. The molecule has 15 nitrogen and oxygen atoms in total. The number of halogens is 3. The third-order valence-corrected chi connectivity index (χ3v) is 15.2. The molecule has 60 heavy (non-hydrogen) atoms. The number of alkyl halides is 3. The average molecular weight is 864 g/mol. The van der Waals surface area contributed by atoms with Crippen molar-refractivity contribution < 1.29 is 60.1 Å². The summed E-state index contributed by atoms with van der Waals surface area (Å²) < 4.78 is 93.6. The van der Waals surface area contributed by atoms with Crippen LogP contribution in [0.3, 0.4) is 0 Å². The molecule has 5 aliphatic rings. The van der Waals surface area contributed by atoms with E-state index in [1.807, 2.05) is 11.6 Å². The highest BCUT2D eigenvalue weighted by Gasteiger charge is 2.71. The number of nitrogens with one attached hydrogen (secondary N) is 2. The van der Waals surface area contributed by atoms with Crippen LogP contribution >= 0.6 is 0 Å². The van der Waals surface area contributed by atoms with Crippen molar-refractivity contribution in [1.29, 1.82) is 0 Å². The number of rotatable bonds is 9. The van der Waals surface area contributed by atoms with Gasteiger partial charge in [0, 0.05) is 35.3 Å². The third kappa shape index (κ3) is 7.27. The van der Waals surface area contributed by atoms with E-state index in [0.29, 0.717) is 36.3 Å². The summed E-state index contributed by atoms with van der Waals surface area (Å²) in [6.07, 6.45) is 3.74. The number of benzene rings is 1. The van der Waals surface area contributed by atoms with E-state index in [9.17, 15) is 32.3 Å². The Balaban J connectivity index is 1.33. The number of carbonyl (C=O) groups excluding carboxylic acids is 3. The molecule has 2 saturated carbocycles.